The van der Waals surface area contributed by atoms with Gasteiger partial charge in [-0.3, -0.25) is 4.79 Å². The van der Waals surface area contributed by atoms with Crippen molar-refractivity contribution in [3.8, 4) is 6.07 Å². The zero-order chi connectivity index (χ0) is 18.7. The first-order chi connectivity index (χ1) is 11.6. The summed E-state index contributed by atoms with van der Waals surface area (Å²) in [5, 5.41) is 11.1. The van der Waals surface area contributed by atoms with Gasteiger partial charge in [-0.05, 0) is 50.6 Å². The molecule has 0 aliphatic carbocycles. The van der Waals surface area contributed by atoms with Crippen molar-refractivity contribution in [2.75, 3.05) is 0 Å². The Morgan fingerprint density at radius 2 is 1.80 bits per heavy atom. The Labute approximate surface area is 146 Å². The smallest absolute Gasteiger partial charge is 0.287 e. The van der Waals surface area contributed by atoms with Crippen molar-refractivity contribution in [3.05, 3.63) is 53.3 Å². The van der Waals surface area contributed by atoms with Gasteiger partial charge < -0.3 is 9.73 Å². The third kappa shape index (κ3) is 5.17. The largest absolute Gasteiger partial charge is 0.438 e. The second-order valence-corrected chi connectivity index (χ2v) is 8.08. The van der Waals surface area contributed by atoms with Crippen molar-refractivity contribution in [1.29, 1.82) is 5.26 Å². The third-order valence-corrected chi connectivity index (χ3v) is 4.68. The number of hydrogen-bond acceptors (Lipinski definition) is 5. The molecule has 1 amide bonds. The lowest BCUT2D eigenvalue weighted by Gasteiger charge is -2.18. The molecular weight excluding hydrogens is 342 g/mol. The summed E-state index contributed by atoms with van der Waals surface area (Å²) in [5.41, 5.74) is 0.673. The molecule has 1 heterocycles. The van der Waals surface area contributed by atoms with Crippen LogP contribution in [0, 0.1) is 11.3 Å². The fourth-order valence-electron chi connectivity index (χ4n) is 2.01. The second-order valence-electron chi connectivity index (χ2n) is 6.47. The molecule has 0 saturated carbocycles. The Morgan fingerprint density at radius 3 is 2.36 bits per heavy atom. The maximum atomic E-state index is 12.2. The quantitative estimate of drug-likeness (QED) is 0.847. The summed E-state index contributed by atoms with van der Waals surface area (Å²) in [6, 6.07) is 11.3. The van der Waals surface area contributed by atoms with E-state index in [-0.39, 0.29) is 17.4 Å². The van der Waals surface area contributed by atoms with Crippen LogP contribution in [0.5, 0.6) is 0 Å². The summed E-state index contributed by atoms with van der Waals surface area (Å²) < 4.78 is 31.9. The van der Waals surface area contributed by atoms with E-state index in [0.29, 0.717) is 5.56 Å². The van der Waals surface area contributed by atoms with Crippen LogP contribution in [0.15, 0.2) is 45.9 Å². The van der Waals surface area contributed by atoms with Crippen LogP contribution in [-0.4, -0.2) is 19.9 Å². The van der Waals surface area contributed by atoms with Gasteiger partial charge in [0.1, 0.15) is 0 Å². The molecule has 0 aliphatic rings. The number of sulfonamides is 1. The van der Waals surface area contributed by atoms with Crippen molar-refractivity contribution in [3.63, 3.8) is 0 Å². The molecule has 2 N–H and O–H groups in total. The number of benzene rings is 1. The molecule has 0 unspecified atom stereocenters. The third-order valence-electron chi connectivity index (χ3n) is 3.05. The first kappa shape index (κ1) is 18.7. The molecular formula is C17H19N3O4S. The number of nitriles is 1. The average Bonchev–Trinajstić information content (AvgIpc) is 3.02. The van der Waals surface area contributed by atoms with Crippen LogP contribution in [0.4, 0.5) is 0 Å². The Hall–Kier alpha value is -2.63. The van der Waals surface area contributed by atoms with Crippen LogP contribution in [0.25, 0.3) is 0 Å². The molecule has 0 spiro atoms. The highest BCUT2D eigenvalue weighted by molar-refractivity contribution is 7.89. The van der Waals surface area contributed by atoms with Gasteiger partial charge in [0.05, 0.1) is 11.6 Å². The van der Waals surface area contributed by atoms with E-state index in [1.807, 2.05) is 6.07 Å². The van der Waals surface area contributed by atoms with Gasteiger partial charge in [0.25, 0.3) is 15.9 Å². The van der Waals surface area contributed by atoms with Crippen molar-refractivity contribution in [2.24, 2.45) is 0 Å². The topological polar surface area (TPSA) is 112 Å². The fourth-order valence-corrected chi connectivity index (χ4v) is 3.36. The molecule has 0 fully saturated rings. The Balaban J connectivity index is 2.03. The minimum absolute atomic E-state index is 0.0945. The fraction of sp³-hybridized carbons (Fsp3) is 0.294. The van der Waals surface area contributed by atoms with Crippen LogP contribution in [0.1, 0.15) is 42.5 Å². The molecule has 0 bridgehead atoms. The first-order valence-corrected chi connectivity index (χ1v) is 9.00. The standard InChI is InChI=1S/C17H19N3O4S/c1-17(2,3)20-25(22,23)15-9-8-14(24-15)16(21)19-11-13-6-4-12(10-18)5-7-13/h4-9,20H,11H2,1-3H3,(H,19,21). The van der Waals surface area contributed by atoms with E-state index < -0.39 is 21.5 Å². The highest BCUT2D eigenvalue weighted by Gasteiger charge is 2.26. The predicted octanol–water partition coefficient (Wildman–Crippen LogP) is 2.16. The molecule has 7 nitrogen and oxygen atoms in total. The Kier molecular flexibility index (Phi) is 5.30. The molecule has 0 saturated heterocycles. The van der Waals surface area contributed by atoms with Crippen LogP contribution in [-0.2, 0) is 16.6 Å². The van der Waals surface area contributed by atoms with E-state index in [1.54, 1.807) is 45.0 Å². The Bertz CT molecular complexity index is 901. The molecule has 0 radical (unpaired) electrons. The predicted molar refractivity (Wildman–Crippen MR) is 91.1 cm³/mol. The van der Waals surface area contributed by atoms with Crippen LogP contribution >= 0.6 is 0 Å². The summed E-state index contributed by atoms with van der Waals surface area (Å²) in [7, 11) is -3.83. The molecule has 1 aromatic carbocycles. The molecule has 2 rings (SSSR count). The molecule has 0 atom stereocenters. The highest BCUT2D eigenvalue weighted by atomic mass is 32.2. The van der Waals surface area contributed by atoms with Crippen molar-refractivity contribution in [1.82, 2.24) is 10.0 Å². The van der Waals surface area contributed by atoms with E-state index in [1.165, 1.54) is 12.1 Å². The highest BCUT2D eigenvalue weighted by Crippen LogP contribution is 2.16. The first-order valence-electron chi connectivity index (χ1n) is 7.52. The minimum Gasteiger partial charge on any atom is -0.438 e. The van der Waals surface area contributed by atoms with Gasteiger partial charge in [-0.25, -0.2) is 13.1 Å². The van der Waals surface area contributed by atoms with Crippen LogP contribution in [0.2, 0.25) is 0 Å². The van der Waals surface area contributed by atoms with Crippen molar-refractivity contribution in [2.45, 2.75) is 37.9 Å². The molecule has 0 aliphatic heterocycles. The molecule has 1 aromatic heterocycles. The lowest BCUT2D eigenvalue weighted by molar-refractivity contribution is 0.0918. The van der Waals surface area contributed by atoms with Gasteiger partial charge in [0.2, 0.25) is 5.09 Å². The van der Waals surface area contributed by atoms with Gasteiger partial charge in [-0.15, -0.1) is 0 Å². The van der Waals surface area contributed by atoms with Gasteiger partial charge in [0, 0.05) is 12.1 Å². The summed E-state index contributed by atoms with van der Waals surface area (Å²) in [4.78, 5) is 12.1. The summed E-state index contributed by atoms with van der Waals surface area (Å²) in [5.74, 6) is -0.621. The number of hydrogen-bond donors (Lipinski definition) is 2. The maximum absolute atomic E-state index is 12.2. The minimum atomic E-state index is -3.83. The summed E-state index contributed by atoms with van der Waals surface area (Å²) >= 11 is 0. The van der Waals surface area contributed by atoms with Gasteiger partial charge >= 0.3 is 0 Å². The summed E-state index contributed by atoms with van der Waals surface area (Å²) in [6.07, 6.45) is 0. The lowest BCUT2D eigenvalue weighted by Crippen LogP contribution is -2.40. The second kappa shape index (κ2) is 7.09. The van der Waals surface area contributed by atoms with Crippen molar-refractivity contribution < 1.29 is 17.6 Å². The lowest BCUT2D eigenvalue weighted by atomic mass is 10.1. The number of rotatable bonds is 5. The van der Waals surface area contributed by atoms with Gasteiger partial charge in [0.15, 0.2) is 5.76 Å². The molecule has 25 heavy (non-hydrogen) atoms. The number of carbonyl (C=O) groups is 1. The summed E-state index contributed by atoms with van der Waals surface area (Å²) in [6.45, 7) is 5.35. The van der Waals surface area contributed by atoms with E-state index in [4.69, 9.17) is 9.68 Å². The van der Waals surface area contributed by atoms with Crippen LogP contribution in [0.3, 0.4) is 0 Å². The van der Waals surface area contributed by atoms with Gasteiger partial charge in [-0.2, -0.15) is 5.26 Å². The molecule has 132 valence electrons. The number of nitrogens with one attached hydrogen (secondary N) is 2. The average molecular weight is 361 g/mol. The van der Waals surface area contributed by atoms with E-state index in [0.717, 1.165) is 5.56 Å². The monoisotopic (exact) mass is 361 g/mol. The van der Waals surface area contributed by atoms with Gasteiger partial charge in [-0.1, -0.05) is 12.1 Å². The Morgan fingerprint density at radius 1 is 1.16 bits per heavy atom. The zero-order valence-electron chi connectivity index (χ0n) is 14.2. The van der Waals surface area contributed by atoms with Crippen molar-refractivity contribution >= 4 is 15.9 Å². The molecule has 8 heteroatoms. The normalized spacial score (nSPS) is 11.8. The molecule has 2 aromatic rings. The van der Waals surface area contributed by atoms with E-state index >= 15 is 0 Å². The maximum Gasteiger partial charge on any atom is 0.287 e. The number of furan rings is 1. The zero-order valence-corrected chi connectivity index (χ0v) is 15.0. The van der Waals surface area contributed by atoms with E-state index in [2.05, 4.69) is 10.0 Å². The number of nitrogens with zero attached hydrogens (tertiary/aromatic N) is 1. The number of carbonyl (C=O) groups excluding carboxylic acids is 1. The SMILES string of the molecule is CC(C)(C)NS(=O)(=O)c1ccc(C(=O)NCc2ccc(C#N)cc2)o1. The number of amides is 1. The van der Waals surface area contributed by atoms with Crippen LogP contribution < -0.4 is 10.0 Å². The van der Waals surface area contributed by atoms with E-state index in [9.17, 15) is 13.2 Å².